The first-order valence-electron chi connectivity index (χ1n) is 9.43. The molecule has 8 heteroatoms. The largest absolute Gasteiger partial charge is 0.493 e. The van der Waals surface area contributed by atoms with E-state index in [1.807, 2.05) is 42.5 Å². The Kier molecular flexibility index (Phi) is 5.76. The zero-order chi connectivity index (χ0) is 21.1. The van der Waals surface area contributed by atoms with E-state index in [9.17, 15) is 4.79 Å². The Bertz CT molecular complexity index is 1220. The van der Waals surface area contributed by atoms with Crippen molar-refractivity contribution >= 4 is 39.7 Å². The molecule has 0 spiro atoms. The van der Waals surface area contributed by atoms with Crippen molar-refractivity contribution < 1.29 is 19.0 Å². The number of aromatic nitrogens is 3. The van der Waals surface area contributed by atoms with E-state index in [4.69, 9.17) is 14.2 Å². The Hall–Kier alpha value is -3.26. The molecule has 0 radical (unpaired) electrons. The average Bonchev–Trinajstić information content (AvgIpc) is 3.15. The first-order chi connectivity index (χ1) is 14.7. The number of ether oxygens (including phenoxy) is 3. The molecule has 2 heterocycles. The maximum Gasteiger partial charge on any atom is 0.420 e. The number of carbonyl (C=O) groups excluding carboxylic acids is 1. The molecule has 0 saturated carbocycles. The van der Waals surface area contributed by atoms with Crippen molar-refractivity contribution in [3.63, 3.8) is 0 Å². The smallest absolute Gasteiger partial charge is 0.420 e. The number of imidazole rings is 1. The highest BCUT2D eigenvalue weighted by Crippen LogP contribution is 2.35. The van der Waals surface area contributed by atoms with Crippen molar-refractivity contribution in [2.45, 2.75) is 17.8 Å². The molecule has 0 saturated heterocycles. The van der Waals surface area contributed by atoms with Crippen LogP contribution < -0.4 is 9.47 Å². The lowest BCUT2D eigenvalue weighted by atomic mass is 10.1. The Labute approximate surface area is 178 Å². The fourth-order valence-electron chi connectivity index (χ4n) is 3.27. The number of para-hydroxylation sites is 2. The predicted octanol–water partition coefficient (Wildman–Crippen LogP) is 4.90. The fourth-order valence-corrected chi connectivity index (χ4v) is 4.23. The maximum atomic E-state index is 12.6. The fraction of sp³-hybridized carbons (Fsp3) is 0.227. The summed E-state index contributed by atoms with van der Waals surface area (Å²) in [5.41, 5.74) is 2.32. The van der Waals surface area contributed by atoms with E-state index >= 15 is 0 Å². The molecule has 0 fully saturated rings. The van der Waals surface area contributed by atoms with Crippen molar-refractivity contribution in [1.82, 2.24) is 14.5 Å². The lowest BCUT2D eigenvalue weighted by Crippen LogP contribution is -2.14. The molecule has 0 N–H and O–H groups in total. The molecule has 0 aliphatic rings. The Morgan fingerprint density at radius 1 is 1.10 bits per heavy atom. The molecular weight excluding hydrogens is 402 g/mol. The summed E-state index contributed by atoms with van der Waals surface area (Å²) in [5.74, 6) is 1.83. The second kappa shape index (κ2) is 8.62. The van der Waals surface area contributed by atoms with E-state index in [2.05, 4.69) is 9.97 Å². The minimum Gasteiger partial charge on any atom is -0.493 e. The van der Waals surface area contributed by atoms with Crippen molar-refractivity contribution in [3.05, 3.63) is 54.4 Å². The molecule has 0 aliphatic heterocycles. The number of methoxy groups -OCH3 is 2. The van der Waals surface area contributed by atoms with Gasteiger partial charge in [0.25, 0.3) is 0 Å². The van der Waals surface area contributed by atoms with Crippen molar-refractivity contribution in [2.24, 2.45) is 0 Å². The minimum atomic E-state index is -0.439. The second-order valence-corrected chi connectivity index (χ2v) is 7.33. The van der Waals surface area contributed by atoms with Gasteiger partial charge >= 0.3 is 6.09 Å². The van der Waals surface area contributed by atoms with E-state index in [0.29, 0.717) is 29.0 Å². The molecule has 2 aromatic heterocycles. The van der Waals surface area contributed by atoms with Gasteiger partial charge < -0.3 is 14.2 Å². The molecule has 30 heavy (non-hydrogen) atoms. The van der Waals surface area contributed by atoms with Crippen molar-refractivity contribution in [1.29, 1.82) is 0 Å². The summed E-state index contributed by atoms with van der Waals surface area (Å²) in [6, 6.07) is 13.3. The second-order valence-electron chi connectivity index (χ2n) is 6.39. The van der Waals surface area contributed by atoms with Crippen molar-refractivity contribution in [2.75, 3.05) is 20.8 Å². The van der Waals surface area contributed by atoms with Gasteiger partial charge in [-0.15, -0.1) is 0 Å². The third-order valence-electron chi connectivity index (χ3n) is 4.67. The van der Waals surface area contributed by atoms with Gasteiger partial charge in [-0.1, -0.05) is 23.9 Å². The average molecular weight is 423 g/mol. The Balaban J connectivity index is 1.71. The summed E-state index contributed by atoms with van der Waals surface area (Å²) < 4.78 is 17.6. The SMILES string of the molecule is CCOC(=O)n1c(SCc2nccc3cc(OC)c(OC)cc23)nc2ccccc21. The van der Waals surface area contributed by atoms with Gasteiger partial charge in [-0.05, 0) is 42.6 Å². The number of pyridine rings is 1. The number of carbonyl (C=O) groups is 1. The van der Waals surface area contributed by atoms with Crippen LogP contribution in [-0.2, 0) is 10.5 Å². The quantitative estimate of drug-likeness (QED) is 0.408. The van der Waals surface area contributed by atoms with Crippen LogP contribution in [0.2, 0.25) is 0 Å². The van der Waals surface area contributed by atoms with E-state index in [1.165, 1.54) is 16.3 Å². The number of thioether (sulfide) groups is 1. The van der Waals surface area contributed by atoms with Crippen LogP contribution in [0.1, 0.15) is 12.6 Å². The molecule has 0 amide bonds. The van der Waals surface area contributed by atoms with Gasteiger partial charge in [0.1, 0.15) is 0 Å². The van der Waals surface area contributed by atoms with Crippen molar-refractivity contribution in [3.8, 4) is 11.5 Å². The van der Waals surface area contributed by atoms with Crippen LogP contribution in [0.25, 0.3) is 21.8 Å². The Morgan fingerprint density at radius 2 is 1.87 bits per heavy atom. The zero-order valence-electron chi connectivity index (χ0n) is 16.9. The first kappa shape index (κ1) is 20.0. The number of fused-ring (bicyclic) bond motifs is 2. The standard InChI is InChI=1S/C22H21N3O4S/c1-4-29-22(26)25-18-8-6-5-7-16(18)24-21(25)30-13-17-15-12-20(28-3)19(27-2)11-14(15)9-10-23-17/h5-12H,4,13H2,1-3H3. The normalized spacial score (nSPS) is 11.0. The van der Waals surface area contributed by atoms with E-state index < -0.39 is 6.09 Å². The number of benzene rings is 2. The molecule has 0 atom stereocenters. The minimum absolute atomic E-state index is 0.294. The summed E-state index contributed by atoms with van der Waals surface area (Å²) in [6.07, 6.45) is 1.32. The predicted molar refractivity (Wildman–Crippen MR) is 117 cm³/mol. The van der Waals surface area contributed by atoms with E-state index in [1.54, 1.807) is 27.3 Å². The Morgan fingerprint density at radius 3 is 2.63 bits per heavy atom. The molecule has 4 rings (SSSR count). The van der Waals surface area contributed by atoms with Gasteiger partial charge in [0.05, 0.1) is 37.6 Å². The summed E-state index contributed by atoms with van der Waals surface area (Å²) in [4.78, 5) is 21.7. The van der Waals surface area contributed by atoms with Gasteiger partial charge in [0, 0.05) is 17.3 Å². The van der Waals surface area contributed by atoms with Crippen LogP contribution >= 0.6 is 11.8 Å². The first-order valence-corrected chi connectivity index (χ1v) is 10.4. The number of rotatable bonds is 6. The number of nitrogens with zero attached hydrogens (tertiary/aromatic N) is 3. The lowest BCUT2D eigenvalue weighted by Gasteiger charge is -2.11. The van der Waals surface area contributed by atoms with Crippen LogP contribution in [0.15, 0.2) is 53.8 Å². The monoisotopic (exact) mass is 423 g/mol. The van der Waals surface area contributed by atoms with Crippen LogP contribution in [0, 0.1) is 0 Å². The molecule has 0 bridgehead atoms. The van der Waals surface area contributed by atoms with Gasteiger partial charge in [-0.25, -0.2) is 14.3 Å². The topological polar surface area (TPSA) is 75.5 Å². The number of hydrogen-bond donors (Lipinski definition) is 0. The maximum absolute atomic E-state index is 12.6. The summed E-state index contributed by atoms with van der Waals surface area (Å²) in [6.45, 7) is 2.08. The molecule has 0 unspecified atom stereocenters. The zero-order valence-corrected chi connectivity index (χ0v) is 17.7. The molecule has 2 aromatic carbocycles. The highest BCUT2D eigenvalue weighted by atomic mass is 32.2. The molecular formula is C22H21N3O4S. The van der Waals surface area contributed by atoms with Crippen LogP contribution in [0.5, 0.6) is 11.5 Å². The lowest BCUT2D eigenvalue weighted by molar-refractivity contribution is 0.152. The highest BCUT2D eigenvalue weighted by molar-refractivity contribution is 7.98. The summed E-state index contributed by atoms with van der Waals surface area (Å²) in [7, 11) is 3.22. The molecule has 4 aromatic rings. The third-order valence-corrected chi connectivity index (χ3v) is 5.62. The van der Waals surface area contributed by atoms with Gasteiger partial charge in [-0.3, -0.25) is 4.98 Å². The van der Waals surface area contributed by atoms with Gasteiger partial charge in [0.2, 0.25) is 0 Å². The van der Waals surface area contributed by atoms with Crippen LogP contribution in [0.3, 0.4) is 0 Å². The summed E-state index contributed by atoms with van der Waals surface area (Å²) in [5, 5.41) is 2.52. The third kappa shape index (κ3) is 3.66. The van der Waals surface area contributed by atoms with Gasteiger partial charge in [-0.2, -0.15) is 0 Å². The summed E-state index contributed by atoms with van der Waals surface area (Å²) >= 11 is 1.43. The highest BCUT2D eigenvalue weighted by Gasteiger charge is 2.19. The van der Waals surface area contributed by atoms with E-state index in [0.717, 1.165) is 27.5 Å². The number of hydrogen-bond acceptors (Lipinski definition) is 7. The molecule has 7 nitrogen and oxygen atoms in total. The van der Waals surface area contributed by atoms with Gasteiger partial charge in [0.15, 0.2) is 16.7 Å². The molecule has 0 aliphatic carbocycles. The van der Waals surface area contributed by atoms with Crippen LogP contribution in [0.4, 0.5) is 4.79 Å². The molecule has 154 valence electrons. The van der Waals surface area contributed by atoms with E-state index in [-0.39, 0.29) is 0 Å². The van der Waals surface area contributed by atoms with Crippen LogP contribution in [-0.4, -0.2) is 41.5 Å².